The first-order valence-electron chi connectivity index (χ1n) is 15.5. The monoisotopic (exact) mass is 718 g/mol. The largest absolute Gasteiger partial charge is 0.478 e. The molecule has 11 nitrogen and oxygen atoms in total. The first kappa shape index (κ1) is 37.3. The number of halogens is 3. The lowest BCUT2D eigenvalue weighted by Gasteiger charge is -2.32. The average Bonchev–Trinajstić information content (AvgIpc) is 3.65. The Bertz CT molecular complexity index is 1690. The van der Waals surface area contributed by atoms with Crippen molar-refractivity contribution in [3.63, 3.8) is 0 Å². The molecule has 0 fully saturated rings. The summed E-state index contributed by atoms with van der Waals surface area (Å²) >= 11 is 7.19. The second-order valence-corrected chi connectivity index (χ2v) is 13.6. The zero-order chi connectivity index (χ0) is 35.9. The molecule has 6 N–H and O–H groups in total. The number of thiophene rings is 1. The number of anilines is 1. The van der Waals surface area contributed by atoms with Crippen LogP contribution in [0.3, 0.4) is 0 Å². The van der Waals surface area contributed by atoms with Crippen molar-refractivity contribution in [1.29, 1.82) is 0 Å². The average molecular weight is 719 g/mol. The van der Waals surface area contributed by atoms with Gasteiger partial charge in [0.1, 0.15) is 22.5 Å². The topological polar surface area (TPSA) is 174 Å². The molecule has 1 aromatic heterocycles. The number of aromatic carboxylic acids is 2. The van der Waals surface area contributed by atoms with Crippen LogP contribution in [0.25, 0.3) is 0 Å². The molecule has 1 aliphatic rings. The van der Waals surface area contributed by atoms with E-state index >= 15 is 0 Å². The number of fused-ring (bicyclic) bond motifs is 1. The van der Waals surface area contributed by atoms with Crippen LogP contribution in [0.4, 0.5) is 14.5 Å². The molecule has 0 saturated heterocycles. The Morgan fingerprint density at radius 1 is 0.939 bits per heavy atom. The highest BCUT2D eigenvalue weighted by molar-refractivity contribution is 7.12. The minimum absolute atomic E-state index is 0.00582. The number of carbonyl (C=O) groups excluding carboxylic acids is 3. The van der Waals surface area contributed by atoms with Crippen molar-refractivity contribution in [2.75, 3.05) is 11.9 Å². The molecule has 0 radical (unpaired) electrons. The van der Waals surface area contributed by atoms with Crippen LogP contribution in [0.2, 0.25) is 5.02 Å². The summed E-state index contributed by atoms with van der Waals surface area (Å²) in [5.74, 6) is -4.71. The molecule has 3 aromatic rings. The fraction of sp³-hybridized carbons (Fsp3) is 0.382. The molecule has 1 unspecified atom stereocenters. The van der Waals surface area contributed by atoms with Gasteiger partial charge in [-0.2, -0.15) is 0 Å². The van der Waals surface area contributed by atoms with E-state index < -0.39 is 60.1 Å². The first-order chi connectivity index (χ1) is 23.2. The fourth-order valence-electron chi connectivity index (χ4n) is 5.74. The third kappa shape index (κ3) is 9.54. The Balaban J connectivity index is 1.50. The maximum atomic E-state index is 14.2. The van der Waals surface area contributed by atoms with Gasteiger partial charge in [0.05, 0.1) is 5.56 Å². The summed E-state index contributed by atoms with van der Waals surface area (Å²) in [6, 6.07) is 10.1. The maximum absolute atomic E-state index is 14.2. The van der Waals surface area contributed by atoms with Crippen molar-refractivity contribution in [1.82, 2.24) is 16.0 Å². The fourth-order valence-corrected chi connectivity index (χ4v) is 6.78. The number of hydrogen-bond acceptors (Lipinski definition) is 7. The predicted molar refractivity (Wildman–Crippen MR) is 181 cm³/mol. The molecule has 2 aromatic carbocycles. The van der Waals surface area contributed by atoms with Crippen molar-refractivity contribution in [3.05, 3.63) is 86.1 Å². The van der Waals surface area contributed by atoms with Gasteiger partial charge in [-0.1, -0.05) is 49.7 Å². The summed E-state index contributed by atoms with van der Waals surface area (Å²) in [6.07, 6.45) is -3.45. The van der Waals surface area contributed by atoms with Crippen LogP contribution in [0.5, 0.6) is 0 Å². The number of carboxylic acids is 2. The van der Waals surface area contributed by atoms with Crippen molar-refractivity contribution in [2.45, 2.75) is 70.0 Å². The highest BCUT2D eigenvalue weighted by Crippen LogP contribution is 2.36. The van der Waals surface area contributed by atoms with Gasteiger partial charge in [-0.25, -0.2) is 18.4 Å². The number of nitrogens with one attached hydrogen (secondary N) is 4. The highest BCUT2D eigenvalue weighted by Gasteiger charge is 2.46. The Kier molecular flexibility index (Phi) is 12.3. The van der Waals surface area contributed by atoms with Crippen LogP contribution in [0.1, 0.15) is 63.4 Å². The summed E-state index contributed by atoms with van der Waals surface area (Å²) in [5, 5.41) is 31.6. The van der Waals surface area contributed by atoms with Gasteiger partial charge in [0.2, 0.25) is 24.1 Å². The second-order valence-electron chi connectivity index (χ2n) is 12.3. The van der Waals surface area contributed by atoms with Crippen LogP contribution in [0, 0.1) is 5.92 Å². The molecule has 2 heterocycles. The van der Waals surface area contributed by atoms with E-state index in [2.05, 4.69) is 21.3 Å². The molecule has 0 bridgehead atoms. The number of hydrogen-bond donors (Lipinski definition) is 6. The number of carbonyl (C=O) groups is 5. The Labute approximate surface area is 290 Å². The summed E-state index contributed by atoms with van der Waals surface area (Å²) in [4.78, 5) is 63.9. The summed E-state index contributed by atoms with van der Waals surface area (Å²) in [6.45, 7) is 3.59. The van der Waals surface area contributed by atoms with Crippen LogP contribution < -0.4 is 21.3 Å². The number of rotatable bonds is 16. The quantitative estimate of drug-likeness (QED) is 0.123. The van der Waals surface area contributed by atoms with Gasteiger partial charge in [-0.3, -0.25) is 14.4 Å². The zero-order valence-corrected chi connectivity index (χ0v) is 28.3. The van der Waals surface area contributed by atoms with Gasteiger partial charge in [0.15, 0.2) is 0 Å². The van der Waals surface area contributed by atoms with Crippen molar-refractivity contribution in [3.8, 4) is 0 Å². The molecular weight excluding hydrogens is 682 g/mol. The number of benzene rings is 2. The van der Waals surface area contributed by atoms with Gasteiger partial charge < -0.3 is 31.5 Å². The molecule has 49 heavy (non-hydrogen) atoms. The third-order valence-electron chi connectivity index (χ3n) is 8.12. The Morgan fingerprint density at radius 3 is 2.29 bits per heavy atom. The van der Waals surface area contributed by atoms with Gasteiger partial charge in [-0.05, 0) is 65.1 Å². The van der Waals surface area contributed by atoms with E-state index in [0.29, 0.717) is 16.8 Å². The van der Waals surface area contributed by atoms with Crippen LogP contribution >= 0.6 is 22.9 Å². The predicted octanol–water partition coefficient (Wildman–Crippen LogP) is 4.78. The Hall–Kier alpha value is -4.56. The minimum atomic E-state index is -2.94. The van der Waals surface area contributed by atoms with Crippen molar-refractivity contribution >= 4 is 58.3 Å². The SMILES string of the molecule is CC(C)C[C@H](NC(=O)C1(Cc2ccsc2C(=O)O)Cc2ccccc2N1)C(=O)N[C@@H](CC(F)F)C(=O)NCCc1ccc(C(=O)O)cc1Cl. The van der Waals surface area contributed by atoms with E-state index in [4.69, 9.17) is 16.7 Å². The number of amides is 3. The lowest BCUT2D eigenvalue weighted by Crippen LogP contribution is -2.60. The number of para-hydroxylation sites is 1. The Morgan fingerprint density at radius 2 is 1.65 bits per heavy atom. The van der Waals surface area contributed by atoms with E-state index in [1.807, 2.05) is 26.0 Å². The van der Waals surface area contributed by atoms with Gasteiger partial charge in [0.25, 0.3) is 0 Å². The lowest BCUT2D eigenvalue weighted by atomic mass is 9.86. The van der Waals surface area contributed by atoms with E-state index in [0.717, 1.165) is 16.9 Å². The maximum Gasteiger partial charge on any atom is 0.346 e. The third-order valence-corrected chi connectivity index (χ3v) is 9.42. The smallest absolute Gasteiger partial charge is 0.346 e. The van der Waals surface area contributed by atoms with Crippen molar-refractivity contribution < 1.29 is 43.0 Å². The van der Waals surface area contributed by atoms with E-state index in [1.54, 1.807) is 23.6 Å². The summed E-state index contributed by atoms with van der Waals surface area (Å²) < 4.78 is 27.2. The summed E-state index contributed by atoms with van der Waals surface area (Å²) in [5.41, 5.74) is 1.08. The van der Waals surface area contributed by atoms with Crippen molar-refractivity contribution in [2.24, 2.45) is 5.92 Å². The molecular formula is C34H37ClF2N4O7S. The number of carboxylic acid groups (broad SMARTS) is 2. The molecule has 0 aliphatic carbocycles. The molecule has 0 saturated carbocycles. The minimum Gasteiger partial charge on any atom is -0.478 e. The highest BCUT2D eigenvalue weighted by atomic mass is 35.5. The van der Waals surface area contributed by atoms with Gasteiger partial charge in [-0.15, -0.1) is 11.3 Å². The molecule has 3 atom stereocenters. The zero-order valence-electron chi connectivity index (χ0n) is 26.7. The van der Waals surface area contributed by atoms with Gasteiger partial charge >= 0.3 is 11.9 Å². The van der Waals surface area contributed by atoms with E-state index in [1.165, 1.54) is 18.2 Å². The van der Waals surface area contributed by atoms with Crippen LogP contribution in [-0.4, -0.2) is 70.5 Å². The normalized spacial score (nSPS) is 16.4. The molecule has 262 valence electrons. The lowest BCUT2D eigenvalue weighted by molar-refractivity contribution is -0.134. The first-order valence-corrected chi connectivity index (χ1v) is 16.8. The van der Waals surface area contributed by atoms with Gasteiger partial charge in [0, 0.05) is 36.5 Å². The standard InChI is InChI=1S/C34H37ClF2N4O7S/c1-18(2)13-25(30(43)39-26(15-27(36)37)29(42)38-11-9-19-7-8-20(31(44)45)14-23(19)35)40-33(48)34(16-21-5-3-4-6-24(21)41-34)17-22-10-12-49-28(22)32(46)47/h3-8,10,12,14,18,25-27,41H,9,11,13,15-17H2,1-2H3,(H,38,42)(H,39,43)(H,40,48)(H,44,45)(H,46,47)/t25-,26-,34?/m0/s1. The molecule has 0 spiro atoms. The second kappa shape index (κ2) is 16.2. The van der Waals surface area contributed by atoms with Crippen LogP contribution in [-0.2, 0) is 33.6 Å². The molecule has 1 aliphatic heterocycles. The molecule has 3 amide bonds. The van der Waals surface area contributed by atoms with E-state index in [9.17, 15) is 37.9 Å². The molecule has 15 heteroatoms. The van der Waals surface area contributed by atoms with E-state index in [-0.39, 0.29) is 53.6 Å². The van der Waals surface area contributed by atoms with Crippen LogP contribution in [0.15, 0.2) is 53.9 Å². The summed E-state index contributed by atoms with van der Waals surface area (Å²) in [7, 11) is 0. The number of alkyl halides is 2. The molecule has 4 rings (SSSR count).